The molecule has 1 aliphatic rings. The van der Waals surface area contributed by atoms with E-state index in [1.165, 1.54) is 0 Å². The van der Waals surface area contributed by atoms with Crippen LogP contribution in [-0.2, 0) is 19.1 Å². The summed E-state index contributed by atoms with van der Waals surface area (Å²) in [5, 5.41) is 6.22. The fourth-order valence-electron chi connectivity index (χ4n) is 2.23. The number of nitrogens with two attached hydrogens (primary N) is 1. The highest BCUT2D eigenvalue weighted by atomic mass is 32.1. The van der Waals surface area contributed by atoms with Crippen LogP contribution < -0.4 is 10.6 Å². The van der Waals surface area contributed by atoms with Gasteiger partial charge >= 0.3 is 6.18 Å². The molecule has 2 heterocycles. The van der Waals surface area contributed by atoms with Crippen molar-refractivity contribution in [2.24, 2.45) is 0 Å². The number of hydrogen-bond donors (Lipinski definition) is 1. The highest BCUT2D eigenvalue weighted by Crippen LogP contribution is 2.36. The molecule has 0 atom stereocenters. The molecule has 3 rings (SSSR count). The van der Waals surface area contributed by atoms with E-state index in [0.29, 0.717) is 30.1 Å². The highest BCUT2D eigenvalue weighted by molar-refractivity contribution is 7.15. The van der Waals surface area contributed by atoms with Crippen molar-refractivity contribution < 1.29 is 13.2 Å². The Morgan fingerprint density at radius 2 is 2.05 bits per heavy atom. The fraction of sp³-hybridized carbons (Fsp3) is 0.333. The first-order valence-electron chi connectivity index (χ1n) is 5.97. The van der Waals surface area contributed by atoms with Crippen LogP contribution in [0, 0.1) is 0 Å². The Balaban J connectivity index is 1.87. The van der Waals surface area contributed by atoms with E-state index in [-0.39, 0.29) is 5.13 Å². The number of anilines is 2. The lowest BCUT2D eigenvalue weighted by molar-refractivity contribution is -0.138. The zero-order chi connectivity index (χ0) is 14.3. The number of hydrogen-bond acceptors (Lipinski definition) is 5. The molecule has 0 bridgehead atoms. The van der Waals surface area contributed by atoms with Crippen molar-refractivity contribution in [2.45, 2.75) is 19.1 Å². The lowest BCUT2D eigenvalue weighted by Gasteiger charge is -2.28. The number of nitrogens with zero attached hydrogens (tertiary/aromatic N) is 3. The van der Waals surface area contributed by atoms with Gasteiger partial charge in [0.05, 0.1) is 0 Å². The second-order valence-electron chi connectivity index (χ2n) is 4.54. The standard InChI is InChI=1S/C12H11F3N4S/c13-12(14,15)10-17-18-11(20-10)19-5-4-7-2-1-3-9(16)8(7)6-19/h1-3H,4-6,16H2. The predicted octanol–water partition coefficient (Wildman–Crippen LogP) is 2.70. The van der Waals surface area contributed by atoms with E-state index in [9.17, 15) is 13.2 Å². The Hall–Kier alpha value is -1.83. The summed E-state index contributed by atoms with van der Waals surface area (Å²) >= 11 is 0.565. The highest BCUT2D eigenvalue weighted by Gasteiger charge is 2.36. The molecule has 0 fully saturated rings. The number of rotatable bonds is 1. The largest absolute Gasteiger partial charge is 0.445 e. The van der Waals surface area contributed by atoms with Crippen LogP contribution in [0.1, 0.15) is 16.1 Å². The predicted molar refractivity (Wildman–Crippen MR) is 70.5 cm³/mol. The lowest BCUT2D eigenvalue weighted by atomic mass is 9.98. The minimum absolute atomic E-state index is 0.284. The van der Waals surface area contributed by atoms with Crippen LogP contribution in [0.25, 0.3) is 0 Å². The fourth-order valence-corrected chi connectivity index (χ4v) is 2.96. The van der Waals surface area contributed by atoms with E-state index in [2.05, 4.69) is 10.2 Å². The zero-order valence-corrected chi connectivity index (χ0v) is 11.1. The molecular formula is C12H11F3N4S. The van der Waals surface area contributed by atoms with Gasteiger partial charge in [-0.15, -0.1) is 10.2 Å². The van der Waals surface area contributed by atoms with Crippen molar-refractivity contribution in [1.82, 2.24) is 10.2 Å². The van der Waals surface area contributed by atoms with Gasteiger partial charge in [0.2, 0.25) is 10.1 Å². The smallest absolute Gasteiger partial charge is 0.398 e. The van der Waals surface area contributed by atoms with Gasteiger partial charge in [0.25, 0.3) is 0 Å². The Kier molecular flexibility index (Phi) is 3.04. The van der Waals surface area contributed by atoms with Gasteiger partial charge in [0.15, 0.2) is 0 Å². The van der Waals surface area contributed by atoms with Crippen molar-refractivity contribution in [3.8, 4) is 0 Å². The summed E-state index contributed by atoms with van der Waals surface area (Å²) in [4.78, 5) is 1.78. The quantitative estimate of drug-likeness (QED) is 0.823. The van der Waals surface area contributed by atoms with Crippen LogP contribution in [0.15, 0.2) is 18.2 Å². The molecule has 0 aliphatic carbocycles. The number of fused-ring (bicyclic) bond motifs is 1. The molecule has 2 aromatic rings. The number of halogens is 3. The molecule has 0 saturated heterocycles. The minimum atomic E-state index is -4.44. The molecule has 1 aliphatic heterocycles. The summed E-state index contributed by atoms with van der Waals surface area (Å²) in [6, 6.07) is 5.67. The molecule has 0 amide bonds. The number of benzene rings is 1. The Bertz CT molecular complexity index is 638. The van der Waals surface area contributed by atoms with Crippen molar-refractivity contribution >= 4 is 22.2 Å². The average Bonchev–Trinajstić information content (AvgIpc) is 2.88. The summed E-state index contributed by atoms with van der Waals surface area (Å²) in [5.41, 5.74) is 8.68. The molecule has 0 radical (unpaired) electrons. The van der Waals surface area contributed by atoms with Crippen LogP contribution in [0.3, 0.4) is 0 Å². The number of nitrogen functional groups attached to an aromatic ring is 1. The molecule has 20 heavy (non-hydrogen) atoms. The molecule has 8 heteroatoms. The monoisotopic (exact) mass is 300 g/mol. The van der Waals surface area contributed by atoms with Crippen molar-refractivity contribution in [3.63, 3.8) is 0 Å². The molecule has 1 aromatic carbocycles. The van der Waals surface area contributed by atoms with E-state index < -0.39 is 11.2 Å². The Morgan fingerprint density at radius 3 is 2.75 bits per heavy atom. The van der Waals surface area contributed by atoms with Gasteiger partial charge in [-0.2, -0.15) is 13.2 Å². The van der Waals surface area contributed by atoms with E-state index in [1.54, 1.807) is 11.0 Å². The van der Waals surface area contributed by atoms with Gasteiger partial charge in [0.1, 0.15) is 0 Å². The summed E-state index contributed by atoms with van der Waals surface area (Å²) < 4.78 is 37.6. The summed E-state index contributed by atoms with van der Waals surface area (Å²) in [6.07, 6.45) is -3.70. The SMILES string of the molecule is Nc1cccc2c1CN(c1nnc(C(F)(F)F)s1)CC2. The maximum absolute atomic E-state index is 12.5. The molecular weight excluding hydrogens is 289 g/mol. The molecule has 106 valence electrons. The molecule has 4 nitrogen and oxygen atoms in total. The summed E-state index contributed by atoms with van der Waals surface area (Å²) in [7, 11) is 0. The van der Waals surface area contributed by atoms with Gasteiger partial charge in [-0.1, -0.05) is 23.5 Å². The van der Waals surface area contributed by atoms with Gasteiger partial charge in [-0.3, -0.25) is 0 Å². The van der Waals surface area contributed by atoms with E-state index >= 15 is 0 Å². The average molecular weight is 300 g/mol. The molecule has 0 saturated carbocycles. The van der Waals surface area contributed by atoms with Gasteiger partial charge < -0.3 is 10.6 Å². The normalized spacial score (nSPS) is 15.2. The van der Waals surface area contributed by atoms with Gasteiger partial charge in [-0.05, 0) is 23.6 Å². The van der Waals surface area contributed by atoms with E-state index in [4.69, 9.17) is 5.73 Å². The van der Waals surface area contributed by atoms with Crippen LogP contribution in [0.2, 0.25) is 0 Å². The molecule has 2 N–H and O–H groups in total. The van der Waals surface area contributed by atoms with Gasteiger partial charge in [-0.25, -0.2) is 0 Å². The second-order valence-corrected chi connectivity index (χ2v) is 5.50. The van der Waals surface area contributed by atoms with Crippen LogP contribution in [0.5, 0.6) is 0 Å². The minimum Gasteiger partial charge on any atom is -0.398 e. The maximum Gasteiger partial charge on any atom is 0.445 e. The first-order valence-corrected chi connectivity index (χ1v) is 6.78. The third-order valence-corrected chi connectivity index (χ3v) is 4.27. The first kappa shape index (κ1) is 13.2. The topological polar surface area (TPSA) is 55.0 Å². The number of aromatic nitrogens is 2. The summed E-state index contributed by atoms with van der Waals surface area (Å²) in [6.45, 7) is 1.08. The van der Waals surface area contributed by atoms with E-state index in [0.717, 1.165) is 17.5 Å². The summed E-state index contributed by atoms with van der Waals surface area (Å²) in [5.74, 6) is 0. The van der Waals surface area contributed by atoms with Crippen LogP contribution in [0.4, 0.5) is 24.0 Å². The maximum atomic E-state index is 12.5. The zero-order valence-electron chi connectivity index (χ0n) is 10.3. The molecule has 1 aromatic heterocycles. The third-order valence-electron chi connectivity index (χ3n) is 3.24. The molecule has 0 unspecified atom stereocenters. The Morgan fingerprint density at radius 1 is 1.25 bits per heavy atom. The Labute approximate surface area is 117 Å². The van der Waals surface area contributed by atoms with Crippen molar-refractivity contribution in [1.29, 1.82) is 0 Å². The molecule has 0 spiro atoms. The van der Waals surface area contributed by atoms with Crippen LogP contribution >= 0.6 is 11.3 Å². The van der Waals surface area contributed by atoms with Crippen LogP contribution in [-0.4, -0.2) is 16.7 Å². The third kappa shape index (κ3) is 2.31. The van der Waals surface area contributed by atoms with Gasteiger partial charge in [0, 0.05) is 18.8 Å². The van der Waals surface area contributed by atoms with E-state index in [1.807, 2.05) is 12.1 Å². The first-order chi connectivity index (χ1) is 9.45. The van der Waals surface area contributed by atoms with Crippen molar-refractivity contribution in [2.75, 3.05) is 17.2 Å². The second kappa shape index (κ2) is 4.62. The number of alkyl halides is 3. The lowest BCUT2D eigenvalue weighted by Crippen LogP contribution is -2.30. The van der Waals surface area contributed by atoms with Crippen molar-refractivity contribution in [3.05, 3.63) is 34.3 Å².